The van der Waals surface area contributed by atoms with Crippen LogP contribution in [0.2, 0.25) is 0 Å². The molecule has 9 unspecified atom stereocenters. The van der Waals surface area contributed by atoms with E-state index in [9.17, 15) is 13.6 Å². The lowest BCUT2D eigenvalue weighted by atomic mass is 9.77. The molecular weight excluding hydrogens is 374 g/mol. The molecular formula is C22H38F2N4O. The highest BCUT2D eigenvalue weighted by Crippen LogP contribution is 2.38. The van der Waals surface area contributed by atoms with Crippen LogP contribution in [-0.2, 0) is 4.79 Å². The van der Waals surface area contributed by atoms with Crippen molar-refractivity contribution in [2.75, 3.05) is 27.2 Å². The molecule has 7 heteroatoms. The molecule has 0 aromatic rings. The summed E-state index contributed by atoms with van der Waals surface area (Å²) in [6.45, 7) is 3.43. The van der Waals surface area contributed by atoms with Gasteiger partial charge < -0.3 is 15.5 Å². The fraction of sp³-hybridized carbons (Fsp3) is 0.955. The predicted molar refractivity (Wildman–Crippen MR) is 110 cm³/mol. The summed E-state index contributed by atoms with van der Waals surface area (Å²) in [4.78, 5) is 17.2. The minimum absolute atomic E-state index is 0.0253. The van der Waals surface area contributed by atoms with Crippen molar-refractivity contribution in [3.63, 3.8) is 0 Å². The van der Waals surface area contributed by atoms with Gasteiger partial charge in [-0.2, -0.15) is 0 Å². The van der Waals surface area contributed by atoms with E-state index in [1.165, 1.54) is 0 Å². The topological polar surface area (TPSA) is 47.6 Å². The first kappa shape index (κ1) is 21.4. The maximum atomic E-state index is 14.4. The molecule has 2 saturated carbocycles. The first-order valence-electron chi connectivity index (χ1n) is 11.6. The number of rotatable bonds is 4. The number of halogens is 2. The van der Waals surface area contributed by atoms with E-state index >= 15 is 0 Å². The number of alkyl halides is 2. The number of likely N-dealkylation sites (N-methyl/N-ethyl adjacent to an activating group) is 1. The van der Waals surface area contributed by atoms with Crippen molar-refractivity contribution >= 4 is 5.91 Å². The van der Waals surface area contributed by atoms with E-state index in [0.717, 1.165) is 38.6 Å². The maximum absolute atomic E-state index is 14.4. The Labute approximate surface area is 173 Å². The lowest BCUT2D eigenvalue weighted by molar-refractivity contribution is -0.124. The molecule has 2 N–H and O–H groups in total. The third-order valence-corrected chi connectivity index (χ3v) is 8.08. The van der Waals surface area contributed by atoms with Crippen molar-refractivity contribution in [1.29, 1.82) is 0 Å². The van der Waals surface area contributed by atoms with Gasteiger partial charge in [0.05, 0.1) is 12.1 Å². The van der Waals surface area contributed by atoms with Crippen molar-refractivity contribution in [2.45, 2.75) is 94.4 Å². The Morgan fingerprint density at radius 2 is 1.86 bits per heavy atom. The van der Waals surface area contributed by atoms with Crippen molar-refractivity contribution in [3.8, 4) is 0 Å². The normalized spacial score (nSPS) is 46.1. The molecule has 2 aliphatic carbocycles. The van der Waals surface area contributed by atoms with Gasteiger partial charge in [0.2, 0.25) is 5.91 Å². The molecule has 0 aromatic carbocycles. The number of carbonyl (C=O) groups is 1. The highest BCUT2D eigenvalue weighted by molar-refractivity contribution is 5.82. The summed E-state index contributed by atoms with van der Waals surface area (Å²) in [5, 5.41) is 6.68. The summed E-state index contributed by atoms with van der Waals surface area (Å²) in [6.07, 6.45) is 4.55. The van der Waals surface area contributed by atoms with Crippen LogP contribution in [-0.4, -0.2) is 85.4 Å². The number of fused-ring (bicyclic) bond motifs is 1. The second-order valence-corrected chi connectivity index (χ2v) is 10.2. The summed E-state index contributed by atoms with van der Waals surface area (Å²) in [7, 11) is 3.89. The van der Waals surface area contributed by atoms with E-state index < -0.39 is 12.3 Å². The second-order valence-electron chi connectivity index (χ2n) is 10.2. The van der Waals surface area contributed by atoms with Crippen LogP contribution in [0.3, 0.4) is 0 Å². The van der Waals surface area contributed by atoms with Gasteiger partial charge in [0, 0.05) is 37.1 Å². The minimum Gasteiger partial charge on any atom is -0.352 e. The summed E-state index contributed by atoms with van der Waals surface area (Å²) in [6, 6.07) is 0.297. The van der Waals surface area contributed by atoms with Crippen molar-refractivity contribution in [3.05, 3.63) is 0 Å². The Hall–Kier alpha value is -0.790. The molecule has 2 saturated heterocycles. The van der Waals surface area contributed by atoms with Gasteiger partial charge in [0.15, 0.2) is 0 Å². The van der Waals surface area contributed by atoms with E-state index in [0.29, 0.717) is 31.3 Å². The van der Waals surface area contributed by atoms with E-state index in [1.807, 2.05) is 19.0 Å². The van der Waals surface area contributed by atoms with Crippen LogP contribution in [0, 0.1) is 11.8 Å². The Balaban J connectivity index is 1.30. The van der Waals surface area contributed by atoms with Gasteiger partial charge in [0.25, 0.3) is 0 Å². The molecule has 4 fully saturated rings. The third-order valence-electron chi connectivity index (χ3n) is 8.08. The Morgan fingerprint density at radius 1 is 1.07 bits per heavy atom. The zero-order chi connectivity index (χ0) is 20.7. The molecule has 0 aromatic heterocycles. The number of hydrogen-bond donors (Lipinski definition) is 2. The van der Waals surface area contributed by atoms with Crippen LogP contribution >= 0.6 is 0 Å². The molecule has 2 aliphatic heterocycles. The first-order valence-corrected chi connectivity index (χ1v) is 11.6. The van der Waals surface area contributed by atoms with Crippen molar-refractivity contribution < 1.29 is 13.6 Å². The first-order chi connectivity index (χ1) is 13.8. The van der Waals surface area contributed by atoms with Crippen LogP contribution in [0.15, 0.2) is 0 Å². The molecule has 5 nitrogen and oxygen atoms in total. The van der Waals surface area contributed by atoms with Crippen LogP contribution in [0.4, 0.5) is 8.78 Å². The SMILES string of the molecule is CC1CCC(F)C2CC(C(=O)NC3CCCC(N4CC(F)C(N(C)C)C4)C3)NC12. The maximum Gasteiger partial charge on any atom is 0.237 e. The van der Waals surface area contributed by atoms with Gasteiger partial charge in [-0.05, 0) is 65.0 Å². The summed E-state index contributed by atoms with van der Waals surface area (Å²) in [5.74, 6) is 0.431. The van der Waals surface area contributed by atoms with Crippen LogP contribution < -0.4 is 10.6 Å². The zero-order valence-corrected chi connectivity index (χ0v) is 18.1. The van der Waals surface area contributed by atoms with Crippen LogP contribution in [0.1, 0.15) is 51.9 Å². The van der Waals surface area contributed by atoms with E-state index in [2.05, 4.69) is 22.5 Å². The molecule has 4 aliphatic rings. The molecule has 2 heterocycles. The quantitative estimate of drug-likeness (QED) is 0.743. The van der Waals surface area contributed by atoms with Crippen molar-refractivity contribution in [1.82, 2.24) is 20.4 Å². The third kappa shape index (κ3) is 4.47. The van der Waals surface area contributed by atoms with Gasteiger partial charge in [-0.15, -0.1) is 0 Å². The zero-order valence-electron chi connectivity index (χ0n) is 18.1. The largest absolute Gasteiger partial charge is 0.352 e. The predicted octanol–water partition coefficient (Wildman–Crippen LogP) is 2.11. The molecule has 0 bridgehead atoms. The molecule has 1 amide bonds. The number of amides is 1. The second kappa shape index (κ2) is 8.75. The number of nitrogens with zero attached hydrogens (tertiary/aromatic N) is 2. The minimum atomic E-state index is -0.804. The van der Waals surface area contributed by atoms with Crippen LogP contribution in [0.25, 0.3) is 0 Å². The van der Waals surface area contributed by atoms with Gasteiger partial charge in [-0.3, -0.25) is 9.69 Å². The molecule has 4 rings (SSSR count). The van der Waals surface area contributed by atoms with Gasteiger partial charge in [-0.1, -0.05) is 6.92 Å². The van der Waals surface area contributed by atoms with E-state index in [-0.39, 0.29) is 36.0 Å². The Bertz CT molecular complexity index is 573. The Morgan fingerprint density at radius 3 is 2.55 bits per heavy atom. The van der Waals surface area contributed by atoms with Gasteiger partial charge in [0.1, 0.15) is 12.3 Å². The van der Waals surface area contributed by atoms with E-state index in [4.69, 9.17) is 0 Å². The standard InChI is InChI=1S/C22H38F2N4O/c1-13-7-8-17(23)16-10-19(26-21(13)16)22(29)25-14-5-4-6-15(9-14)28-11-18(24)20(12-28)27(2)3/h13-21,26H,4-12H2,1-3H3,(H,25,29). The molecule has 29 heavy (non-hydrogen) atoms. The molecule has 0 spiro atoms. The number of hydrogen-bond acceptors (Lipinski definition) is 4. The highest BCUT2D eigenvalue weighted by atomic mass is 19.1. The fourth-order valence-corrected chi connectivity index (χ4v) is 6.29. The highest BCUT2D eigenvalue weighted by Gasteiger charge is 2.46. The average Bonchev–Trinajstić information content (AvgIpc) is 3.30. The summed E-state index contributed by atoms with van der Waals surface area (Å²) < 4.78 is 28.7. The lowest BCUT2D eigenvalue weighted by Crippen LogP contribution is -2.51. The average molecular weight is 413 g/mol. The van der Waals surface area contributed by atoms with Crippen LogP contribution in [0.5, 0.6) is 0 Å². The molecule has 166 valence electrons. The monoisotopic (exact) mass is 412 g/mol. The Kier molecular flexibility index (Phi) is 6.47. The van der Waals surface area contributed by atoms with Crippen molar-refractivity contribution in [2.24, 2.45) is 11.8 Å². The summed E-state index contributed by atoms with van der Waals surface area (Å²) in [5.41, 5.74) is 0. The lowest BCUT2D eigenvalue weighted by Gasteiger charge is -2.36. The molecule has 0 radical (unpaired) electrons. The molecule has 9 atom stereocenters. The number of likely N-dealkylation sites (tertiary alicyclic amines) is 1. The number of nitrogens with one attached hydrogen (secondary N) is 2. The fourth-order valence-electron chi connectivity index (χ4n) is 6.29. The van der Waals surface area contributed by atoms with E-state index in [1.54, 1.807) is 0 Å². The summed E-state index contributed by atoms with van der Waals surface area (Å²) >= 11 is 0. The smallest absolute Gasteiger partial charge is 0.237 e. The van der Waals surface area contributed by atoms with Gasteiger partial charge in [-0.25, -0.2) is 8.78 Å². The number of carbonyl (C=O) groups excluding carboxylic acids is 1. The van der Waals surface area contributed by atoms with Gasteiger partial charge >= 0.3 is 0 Å².